The van der Waals surface area contributed by atoms with Gasteiger partial charge in [0.15, 0.2) is 0 Å². The highest BCUT2D eigenvalue weighted by Crippen LogP contribution is 2.34. The molecule has 0 radical (unpaired) electrons. The number of rotatable bonds is 2. The van der Waals surface area contributed by atoms with Crippen molar-refractivity contribution in [2.45, 2.75) is 53.4 Å². The van der Waals surface area contributed by atoms with Crippen molar-refractivity contribution in [2.75, 3.05) is 18.0 Å². The molecule has 2 rings (SSSR count). The molecule has 1 fully saturated rings. The van der Waals surface area contributed by atoms with Gasteiger partial charge in [-0.1, -0.05) is 39.3 Å². The van der Waals surface area contributed by atoms with Crippen molar-refractivity contribution in [1.29, 1.82) is 0 Å². The van der Waals surface area contributed by atoms with Gasteiger partial charge in [0.05, 0.1) is 0 Å². The summed E-state index contributed by atoms with van der Waals surface area (Å²) in [4.78, 5) is 11.5. The van der Waals surface area contributed by atoms with Gasteiger partial charge < -0.3 is 4.90 Å². The lowest BCUT2D eigenvalue weighted by Gasteiger charge is -2.38. The van der Waals surface area contributed by atoms with Gasteiger partial charge in [-0.05, 0) is 25.2 Å². The Labute approximate surface area is 121 Å². The quantitative estimate of drug-likeness (QED) is 0.761. The van der Waals surface area contributed by atoms with E-state index in [2.05, 4.69) is 37.6 Å². The van der Waals surface area contributed by atoms with E-state index in [1.807, 2.05) is 6.92 Å². The van der Waals surface area contributed by atoms with Gasteiger partial charge in [0.2, 0.25) is 0 Å². The number of aromatic nitrogens is 2. The molecule has 1 aromatic rings. The lowest BCUT2D eigenvalue weighted by atomic mass is 9.82. The minimum absolute atomic E-state index is 0.304. The average molecular weight is 282 g/mol. The third kappa shape index (κ3) is 3.19. The second-order valence-corrected chi connectivity index (χ2v) is 6.99. The van der Waals surface area contributed by atoms with Gasteiger partial charge in [0, 0.05) is 24.6 Å². The molecule has 0 amide bonds. The van der Waals surface area contributed by atoms with Crippen LogP contribution in [0.4, 0.5) is 5.82 Å². The molecule has 0 unspecified atom stereocenters. The molecule has 0 atom stereocenters. The van der Waals surface area contributed by atoms with E-state index in [-0.39, 0.29) is 0 Å². The standard InChI is InChI=1S/C15H24ClN3/c1-10(2)13-17-12(16)11(3)14(18-13)19-8-6-15(4,5)7-9-19/h10H,6-9H2,1-5H3. The van der Waals surface area contributed by atoms with Crippen LogP contribution in [0.25, 0.3) is 0 Å². The maximum absolute atomic E-state index is 6.26. The first kappa shape index (κ1) is 14.6. The summed E-state index contributed by atoms with van der Waals surface area (Å²) in [5, 5.41) is 0.596. The molecule has 1 saturated heterocycles. The summed E-state index contributed by atoms with van der Waals surface area (Å²) < 4.78 is 0. The van der Waals surface area contributed by atoms with Crippen molar-refractivity contribution < 1.29 is 0 Å². The van der Waals surface area contributed by atoms with Gasteiger partial charge in [0.25, 0.3) is 0 Å². The molecule has 0 bridgehead atoms. The SMILES string of the molecule is Cc1c(Cl)nc(C(C)C)nc1N1CCC(C)(C)CC1. The Bertz CT molecular complexity index is 459. The smallest absolute Gasteiger partial charge is 0.137 e. The molecule has 3 nitrogen and oxygen atoms in total. The Kier molecular flexibility index (Phi) is 4.05. The van der Waals surface area contributed by atoms with Crippen LogP contribution in [0, 0.1) is 12.3 Å². The predicted octanol–water partition coefficient (Wildman–Crippen LogP) is 4.19. The average Bonchev–Trinajstić information content (AvgIpc) is 2.32. The van der Waals surface area contributed by atoms with Gasteiger partial charge in [-0.3, -0.25) is 0 Å². The van der Waals surface area contributed by atoms with Gasteiger partial charge in [-0.2, -0.15) is 0 Å². The van der Waals surface area contributed by atoms with Gasteiger partial charge in [-0.25, -0.2) is 9.97 Å². The van der Waals surface area contributed by atoms with Crippen LogP contribution in [0.1, 0.15) is 57.8 Å². The van der Waals surface area contributed by atoms with Crippen molar-refractivity contribution in [3.63, 3.8) is 0 Å². The third-order valence-electron chi connectivity index (χ3n) is 4.01. The molecule has 4 heteroatoms. The Balaban J connectivity index is 2.29. The van der Waals surface area contributed by atoms with Crippen LogP contribution in [0.15, 0.2) is 0 Å². The highest BCUT2D eigenvalue weighted by molar-refractivity contribution is 6.30. The molecule has 1 aromatic heterocycles. The van der Waals surface area contributed by atoms with Gasteiger partial charge >= 0.3 is 0 Å². The fourth-order valence-corrected chi connectivity index (χ4v) is 2.56. The van der Waals surface area contributed by atoms with E-state index in [9.17, 15) is 0 Å². The van der Waals surface area contributed by atoms with Crippen LogP contribution in [0.3, 0.4) is 0 Å². The van der Waals surface area contributed by atoms with Gasteiger partial charge in [-0.15, -0.1) is 0 Å². The maximum atomic E-state index is 6.26. The molecule has 106 valence electrons. The zero-order chi connectivity index (χ0) is 14.2. The van der Waals surface area contributed by atoms with Crippen LogP contribution in [0.5, 0.6) is 0 Å². The molecule has 19 heavy (non-hydrogen) atoms. The van der Waals surface area contributed by atoms with E-state index < -0.39 is 0 Å². The maximum Gasteiger partial charge on any atom is 0.137 e. The predicted molar refractivity (Wildman–Crippen MR) is 81.1 cm³/mol. The minimum atomic E-state index is 0.304. The minimum Gasteiger partial charge on any atom is -0.356 e. The van der Waals surface area contributed by atoms with E-state index in [0.717, 1.165) is 30.3 Å². The Hall–Kier alpha value is -0.830. The van der Waals surface area contributed by atoms with Crippen LogP contribution in [-0.4, -0.2) is 23.1 Å². The molecule has 0 aliphatic carbocycles. The molecule has 0 N–H and O–H groups in total. The fraction of sp³-hybridized carbons (Fsp3) is 0.733. The van der Waals surface area contributed by atoms with E-state index in [4.69, 9.17) is 16.6 Å². The van der Waals surface area contributed by atoms with E-state index in [0.29, 0.717) is 16.5 Å². The third-order valence-corrected chi connectivity index (χ3v) is 4.38. The van der Waals surface area contributed by atoms with Crippen molar-refractivity contribution >= 4 is 17.4 Å². The van der Waals surface area contributed by atoms with Crippen LogP contribution >= 0.6 is 11.6 Å². The molecular weight excluding hydrogens is 258 g/mol. The summed E-state index contributed by atoms with van der Waals surface area (Å²) in [5.74, 6) is 2.17. The van der Waals surface area contributed by atoms with Crippen molar-refractivity contribution in [1.82, 2.24) is 9.97 Å². The largest absolute Gasteiger partial charge is 0.356 e. The second kappa shape index (κ2) is 5.28. The van der Waals surface area contributed by atoms with Crippen molar-refractivity contribution in [2.24, 2.45) is 5.41 Å². The number of piperidine rings is 1. The molecule has 0 saturated carbocycles. The topological polar surface area (TPSA) is 29.0 Å². The van der Waals surface area contributed by atoms with E-state index in [1.54, 1.807) is 0 Å². The zero-order valence-corrected chi connectivity index (χ0v) is 13.4. The van der Waals surface area contributed by atoms with Crippen LogP contribution < -0.4 is 4.90 Å². The van der Waals surface area contributed by atoms with Crippen LogP contribution in [0.2, 0.25) is 5.15 Å². The zero-order valence-electron chi connectivity index (χ0n) is 12.6. The number of hydrogen-bond acceptors (Lipinski definition) is 3. The van der Waals surface area contributed by atoms with E-state index >= 15 is 0 Å². The molecule has 1 aliphatic rings. The van der Waals surface area contributed by atoms with Gasteiger partial charge in [0.1, 0.15) is 16.8 Å². The number of halogens is 1. The molecule has 0 spiro atoms. The summed E-state index contributed by atoms with van der Waals surface area (Å²) >= 11 is 6.26. The number of nitrogens with zero attached hydrogens (tertiary/aromatic N) is 3. The molecule has 0 aromatic carbocycles. The highest BCUT2D eigenvalue weighted by atomic mass is 35.5. The monoisotopic (exact) mass is 281 g/mol. The lowest BCUT2D eigenvalue weighted by molar-refractivity contribution is 0.279. The van der Waals surface area contributed by atoms with Crippen molar-refractivity contribution in [3.05, 3.63) is 16.5 Å². The Morgan fingerprint density at radius 1 is 1.16 bits per heavy atom. The van der Waals surface area contributed by atoms with Crippen LogP contribution in [-0.2, 0) is 0 Å². The first-order chi connectivity index (χ1) is 8.80. The highest BCUT2D eigenvalue weighted by Gasteiger charge is 2.27. The summed E-state index contributed by atoms with van der Waals surface area (Å²) in [6, 6.07) is 0. The Morgan fingerprint density at radius 2 is 1.74 bits per heavy atom. The molecular formula is C15H24ClN3. The normalized spacial score (nSPS) is 19.0. The summed E-state index contributed by atoms with van der Waals surface area (Å²) in [6.45, 7) is 13.0. The van der Waals surface area contributed by atoms with Crippen molar-refractivity contribution in [3.8, 4) is 0 Å². The number of hydrogen-bond donors (Lipinski definition) is 0. The molecule has 2 heterocycles. The van der Waals surface area contributed by atoms with E-state index in [1.165, 1.54) is 12.8 Å². The second-order valence-electron chi connectivity index (χ2n) is 6.63. The first-order valence-corrected chi connectivity index (χ1v) is 7.47. The number of anilines is 1. The summed E-state index contributed by atoms with van der Waals surface area (Å²) in [7, 11) is 0. The molecule has 1 aliphatic heterocycles. The Morgan fingerprint density at radius 3 is 2.26 bits per heavy atom. The fourth-order valence-electron chi connectivity index (χ4n) is 2.38. The summed E-state index contributed by atoms with van der Waals surface area (Å²) in [5.41, 5.74) is 1.45. The first-order valence-electron chi connectivity index (χ1n) is 7.09. The summed E-state index contributed by atoms with van der Waals surface area (Å²) in [6.07, 6.45) is 2.40. The lowest BCUT2D eigenvalue weighted by Crippen LogP contribution is -2.38.